The van der Waals surface area contributed by atoms with Crippen LogP contribution in [0.1, 0.15) is 71.6 Å². The van der Waals surface area contributed by atoms with Gasteiger partial charge in [0.25, 0.3) is 0 Å². The van der Waals surface area contributed by atoms with Gasteiger partial charge in [-0.1, -0.05) is 20.3 Å². The van der Waals surface area contributed by atoms with E-state index in [-0.39, 0.29) is 5.60 Å². The van der Waals surface area contributed by atoms with Crippen LogP contribution < -0.4 is 0 Å². The van der Waals surface area contributed by atoms with Gasteiger partial charge in [-0.2, -0.15) is 0 Å². The van der Waals surface area contributed by atoms with E-state index in [1.165, 1.54) is 51.4 Å². The van der Waals surface area contributed by atoms with Crippen LogP contribution in [0.15, 0.2) is 0 Å². The van der Waals surface area contributed by atoms with Crippen LogP contribution in [-0.4, -0.2) is 24.9 Å². The SMILES string of the molecule is CO[C@@H]1CC[C@]2(C)[C@H]3CC[C@]4(C)CCC[C@H]4[C@@H]3C[C@@H]3O[C@@]32C1. The predicted molar refractivity (Wildman–Crippen MR) is 86.6 cm³/mol. The van der Waals surface area contributed by atoms with Crippen LogP contribution in [0.25, 0.3) is 0 Å². The fourth-order valence-corrected chi connectivity index (χ4v) is 7.83. The van der Waals surface area contributed by atoms with Gasteiger partial charge in [-0.25, -0.2) is 0 Å². The molecule has 1 aliphatic heterocycles. The molecule has 0 N–H and O–H groups in total. The topological polar surface area (TPSA) is 21.8 Å². The molecule has 0 radical (unpaired) electrons. The molecule has 0 amide bonds. The highest BCUT2D eigenvalue weighted by atomic mass is 16.6. The molecule has 124 valence electrons. The number of hydrogen-bond donors (Lipinski definition) is 0. The van der Waals surface area contributed by atoms with Crippen molar-refractivity contribution in [1.82, 2.24) is 0 Å². The molecule has 2 heteroatoms. The first-order valence-electron chi connectivity index (χ1n) is 9.73. The zero-order valence-electron chi connectivity index (χ0n) is 14.6. The highest BCUT2D eigenvalue weighted by Crippen LogP contribution is 2.73. The van der Waals surface area contributed by atoms with E-state index in [2.05, 4.69) is 13.8 Å². The summed E-state index contributed by atoms with van der Waals surface area (Å²) in [4.78, 5) is 0. The van der Waals surface area contributed by atoms with Crippen molar-refractivity contribution in [2.45, 2.75) is 89.4 Å². The Balaban J connectivity index is 1.49. The van der Waals surface area contributed by atoms with Crippen molar-refractivity contribution in [3.8, 4) is 0 Å². The third kappa shape index (κ3) is 1.55. The van der Waals surface area contributed by atoms with E-state index < -0.39 is 0 Å². The van der Waals surface area contributed by atoms with E-state index in [4.69, 9.17) is 9.47 Å². The average Bonchev–Trinajstić information content (AvgIpc) is 3.05. The van der Waals surface area contributed by atoms with Crippen molar-refractivity contribution >= 4 is 0 Å². The van der Waals surface area contributed by atoms with Gasteiger partial charge in [0.1, 0.15) is 5.60 Å². The van der Waals surface area contributed by atoms with E-state index in [9.17, 15) is 0 Å². The number of rotatable bonds is 1. The van der Waals surface area contributed by atoms with Crippen LogP contribution in [-0.2, 0) is 9.47 Å². The number of ether oxygens (including phenoxy) is 2. The minimum atomic E-state index is 0.194. The number of methoxy groups -OCH3 is 1. The van der Waals surface area contributed by atoms with Crippen molar-refractivity contribution in [3.63, 3.8) is 0 Å². The molecule has 0 aromatic rings. The first-order chi connectivity index (χ1) is 10.5. The Bertz CT molecular complexity index is 490. The van der Waals surface area contributed by atoms with Gasteiger partial charge >= 0.3 is 0 Å². The molecule has 5 rings (SSSR count). The van der Waals surface area contributed by atoms with Crippen molar-refractivity contribution in [2.24, 2.45) is 28.6 Å². The molecule has 0 aromatic heterocycles. The van der Waals surface area contributed by atoms with Gasteiger partial charge in [-0.05, 0) is 68.1 Å². The lowest BCUT2D eigenvalue weighted by molar-refractivity contribution is -0.113. The molecule has 1 heterocycles. The summed E-state index contributed by atoms with van der Waals surface area (Å²) < 4.78 is 12.2. The van der Waals surface area contributed by atoms with Gasteiger partial charge in [0.2, 0.25) is 0 Å². The second-order valence-corrected chi connectivity index (χ2v) is 9.71. The lowest BCUT2D eigenvalue weighted by atomic mass is 9.45. The highest BCUT2D eigenvalue weighted by molar-refractivity contribution is 5.23. The minimum Gasteiger partial charge on any atom is -0.381 e. The van der Waals surface area contributed by atoms with Gasteiger partial charge in [0, 0.05) is 18.9 Å². The van der Waals surface area contributed by atoms with E-state index in [0.717, 1.165) is 24.2 Å². The van der Waals surface area contributed by atoms with Crippen LogP contribution in [0.2, 0.25) is 0 Å². The maximum atomic E-state index is 6.50. The summed E-state index contributed by atoms with van der Waals surface area (Å²) in [7, 11) is 1.89. The molecule has 1 spiro atoms. The van der Waals surface area contributed by atoms with Crippen LogP contribution in [0.5, 0.6) is 0 Å². The lowest BCUT2D eigenvalue weighted by Crippen LogP contribution is -2.58. The van der Waals surface area contributed by atoms with Crippen LogP contribution >= 0.6 is 0 Å². The molecular formula is C20H32O2. The second kappa shape index (κ2) is 4.30. The number of hydrogen-bond acceptors (Lipinski definition) is 2. The normalized spacial score (nSPS) is 62.6. The fourth-order valence-electron chi connectivity index (χ4n) is 7.83. The quantitative estimate of drug-likeness (QED) is 0.662. The molecule has 4 saturated carbocycles. The molecule has 0 bridgehead atoms. The molecule has 4 aliphatic carbocycles. The van der Waals surface area contributed by atoms with E-state index in [1.807, 2.05) is 7.11 Å². The van der Waals surface area contributed by atoms with Gasteiger partial charge in [-0.3, -0.25) is 0 Å². The van der Waals surface area contributed by atoms with Crippen molar-refractivity contribution in [3.05, 3.63) is 0 Å². The van der Waals surface area contributed by atoms with Gasteiger partial charge < -0.3 is 9.47 Å². The first kappa shape index (κ1) is 14.3. The van der Waals surface area contributed by atoms with Crippen LogP contribution in [0.4, 0.5) is 0 Å². The van der Waals surface area contributed by atoms with Gasteiger partial charge in [-0.15, -0.1) is 0 Å². The highest BCUT2D eigenvalue weighted by Gasteiger charge is 2.75. The summed E-state index contributed by atoms with van der Waals surface area (Å²) in [6.07, 6.45) is 13.5. The maximum absolute atomic E-state index is 6.50. The molecule has 0 aromatic carbocycles. The predicted octanol–water partition coefficient (Wildman–Crippen LogP) is 4.57. The third-order valence-electron chi connectivity index (χ3n) is 9.15. The Morgan fingerprint density at radius 2 is 1.86 bits per heavy atom. The second-order valence-electron chi connectivity index (χ2n) is 9.71. The first-order valence-corrected chi connectivity index (χ1v) is 9.73. The molecule has 2 nitrogen and oxygen atoms in total. The smallest absolute Gasteiger partial charge is 0.103 e. The van der Waals surface area contributed by atoms with Gasteiger partial charge in [0.15, 0.2) is 0 Å². The molecule has 1 saturated heterocycles. The Kier molecular flexibility index (Phi) is 2.79. The monoisotopic (exact) mass is 304 g/mol. The molecule has 5 aliphatic rings. The Morgan fingerprint density at radius 1 is 1.00 bits per heavy atom. The summed E-state index contributed by atoms with van der Waals surface area (Å²) >= 11 is 0. The van der Waals surface area contributed by atoms with E-state index in [1.54, 1.807) is 0 Å². The molecule has 5 fully saturated rings. The molecule has 0 unspecified atom stereocenters. The Morgan fingerprint density at radius 3 is 2.68 bits per heavy atom. The van der Waals surface area contributed by atoms with Crippen molar-refractivity contribution < 1.29 is 9.47 Å². The maximum Gasteiger partial charge on any atom is 0.103 e. The van der Waals surface area contributed by atoms with Gasteiger partial charge in [0.05, 0.1) is 12.2 Å². The van der Waals surface area contributed by atoms with E-state index >= 15 is 0 Å². The largest absolute Gasteiger partial charge is 0.381 e. The van der Waals surface area contributed by atoms with Crippen LogP contribution in [0.3, 0.4) is 0 Å². The van der Waals surface area contributed by atoms with E-state index in [0.29, 0.717) is 23.0 Å². The minimum absolute atomic E-state index is 0.194. The summed E-state index contributed by atoms with van der Waals surface area (Å²) in [6.45, 7) is 5.19. The third-order valence-corrected chi connectivity index (χ3v) is 9.15. The standard InChI is InChI=1S/C20H32O2/c1-18-8-4-5-15(18)14-11-17-20(22-17)12-13(21-3)6-10-19(20,2)16(14)7-9-18/h13-17H,4-12H2,1-3H3/t13-,14+,15+,16+,17+,18+,19-,20+/m1/s1. The lowest BCUT2D eigenvalue weighted by Gasteiger charge is -2.58. The van der Waals surface area contributed by atoms with Crippen molar-refractivity contribution in [1.29, 1.82) is 0 Å². The summed E-state index contributed by atoms with van der Waals surface area (Å²) in [5, 5.41) is 0. The number of epoxide rings is 1. The van der Waals surface area contributed by atoms with Crippen LogP contribution in [0, 0.1) is 28.6 Å². The number of fused-ring (bicyclic) bond motifs is 4. The zero-order valence-corrected chi connectivity index (χ0v) is 14.6. The Hall–Kier alpha value is -0.0800. The summed E-state index contributed by atoms with van der Waals surface area (Å²) in [5.74, 6) is 2.86. The summed E-state index contributed by atoms with van der Waals surface area (Å²) in [6, 6.07) is 0. The molecule has 8 atom stereocenters. The van der Waals surface area contributed by atoms with Crippen molar-refractivity contribution in [2.75, 3.05) is 7.11 Å². The fraction of sp³-hybridized carbons (Fsp3) is 1.00. The molecule has 22 heavy (non-hydrogen) atoms. The Labute approximate surface area is 135 Å². The average molecular weight is 304 g/mol. The molecular weight excluding hydrogens is 272 g/mol. The summed E-state index contributed by atoms with van der Waals surface area (Å²) in [5.41, 5.74) is 1.29. The zero-order chi connectivity index (χ0) is 15.2.